The van der Waals surface area contributed by atoms with Gasteiger partial charge in [0.05, 0.1) is 6.20 Å². The minimum Gasteiger partial charge on any atom is -0.358 e. The summed E-state index contributed by atoms with van der Waals surface area (Å²) in [6, 6.07) is 12.4. The molecule has 1 fully saturated rings. The van der Waals surface area contributed by atoms with Crippen LogP contribution in [0.2, 0.25) is 0 Å². The molecule has 3 heterocycles. The van der Waals surface area contributed by atoms with Gasteiger partial charge in [0, 0.05) is 30.4 Å². The molecular weight excluding hydrogens is 322 g/mol. The van der Waals surface area contributed by atoms with E-state index in [1.165, 1.54) is 4.40 Å². The average molecular weight is 337 g/mol. The third-order valence-corrected chi connectivity index (χ3v) is 4.17. The highest BCUT2D eigenvalue weighted by Gasteiger charge is 2.24. The summed E-state index contributed by atoms with van der Waals surface area (Å²) in [5.74, 6) is 0.134. The minimum atomic E-state index is -0.462. The first kappa shape index (κ1) is 15.1. The first-order valence-electron chi connectivity index (χ1n) is 7.92. The fourth-order valence-electron chi connectivity index (χ4n) is 3.05. The van der Waals surface area contributed by atoms with E-state index >= 15 is 0 Å². The Kier molecular flexibility index (Phi) is 3.57. The van der Waals surface area contributed by atoms with Crippen molar-refractivity contribution in [3.8, 4) is 0 Å². The van der Waals surface area contributed by atoms with E-state index in [0.29, 0.717) is 24.3 Å². The molecule has 3 aromatic rings. The second kappa shape index (κ2) is 5.90. The van der Waals surface area contributed by atoms with E-state index in [9.17, 15) is 14.9 Å². The smallest absolute Gasteiger partial charge is 0.358 e. The Morgan fingerprint density at radius 1 is 1.20 bits per heavy atom. The first-order valence-corrected chi connectivity index (χ1v) is 7.92. The lowest BCUT2D eigenvalue weighted by molar-refractivity contribution is -0.389. The van der Waals surface area contributed by atoms with Crippen LogP contribution in [0.5, 0.6) is 0 Å². The molecule has 25 heavy (non-hydrogen) atoms. The van der Waals surface area contributed by atoms with Crippen molar-refractivity contribution in [1.29, 1.82) is 0 Å². The molecule has 1 N–H and O–H groups in total. The van der Waals surface area contributed by atoms with Crippen molar-refractivity contribution in [2.45, 2.75) is 12.8 Å². The molecule has 8 heteroatoms. The third kappa shape index (κ3) is 2.67. The number of carbonyl (C=O) groups is 1. The van der Waals surface area contributed by atoms with E-state index in [1.807, 2.05) is 12.1 Å². The molecule has 0 spiro atoms. The lowest BCUT2D eigenvalue weighted by Crippen LogP contribution is -2.23. The van der Waals surface area contributed by atoms with Gasteiger partial charge in [0.2, 0.25) is 17.4 Å². The van der Waals surface area contributed by atoms with Gasteiger partial charge in [-0.3, -0.25) is 4.79 Å². The topological polar surface area (TPSA) is 92.8 Å². The van der Waals surface area contributed by atoms with Crippen LogP contribution in [0, 0.1) is 10.1 Å². The van der Waals surface area contributed by atoms with Gasteiger partial charge in [0.15, 0.2) is 0 Å². The molecule has 2 aromatic heterocycles. The Morgan fingerprint density at radius 2 is 2.08 bits per heavy atom. The van der Waals surface area contributed by atoms with Crippen LogP contribution >= 0.6 is 0 Å². The van der Waals surface area contributed by atoms with E-state index in [0.717, 1.165) is 12.1 Å². The lowest BCUT2D eigenvalue weighted by atomic mass is 10.2. The Morgan fingerprint density at radius 3 is 2.84 bits per heavy atom. The average Bonchev–Trinajstić information content (AvgIpc) is 3.18. The number of nitro groups is 1. The van der Waals surface area contributed by atoms with Crippen LogP contribution in [0.15, 0.2) is 48.7 Å². The Bertz CT molecular complexity index is 981. The van der Waals surface area contributed by atoms with Crippen molar-refractivity contribution in [2.75, 3.05) is 16.8 Å². The number of imidazole rings is 1. The van der Waals surface area contributed by atoms with Crippen molar-refractivity contribution in [3.05, 3.63) is 58.8 Å². The highest BCUT2D eigenvalue weighted by molar-refractivity contribution is 5.95. The number of aromatic nitrogens is 2. The number of hydrogen-bond acceptors (Lipinski definition) is 5. The maximum atomic E-state index is 11.9. The Balaban J connectivity index is 1.71. The highest BCUT2D eigenvalue weighted by atomic mass is 16.6. The van der Waals surface area contributed by atoms with Crippen molar-refractivity contribution in [1.82, 2.24) is 9.38 Å². The fourth-order valence-corrected chi connectivity index (χ4v) is 3.05. The summed E-state index contributed by atoms with van der Waals surface area (Å²) in [4.78, 5) is 28.9. The normalized spacial score (nSPS) is 14.2. The van der Waals surface area contributed by atoms with Gasteiger partial charge in [0.25, 0.3) is 0 Å². The SMILES string of the molecule is O=C1CCCN1c1cccc(Nc2nc3ccccn3c2[N+](=O)[O-])c1. The molecule has 0 saturated carbocycles. The van der Waals surface area contributed by atoms with Gasteiger partial charge < -0.3 is 20.3 Å². The summed E-state index contributed by atoms with van der Waals surface area (Å²) in [7, 11) is 0. The molecular formula is C17H15N5O3. The molecule has 0 aliphatic carbocycles. The van der Waals surface area contributed by atoms with Crippen LogP contribution in [-0.2, 0) is 4.79 Å². The quantitative estimate of drug-likeness (QED) is 0.583. The summed E-state index contributed by atoms with van der Waals surface area (Å²) in [5, 5.41) is 14.5. The monoisotopic (exact) mass is 337 g/mol. The summed E-state index contributed by atoms with van der Waals surface area (Å²) < 4.78 is 1.43. The zero-order chi connectivity index (χ0) is 17.4. The summed E-state index contributed by atoms with van der Waals surface area (Å²) in [6.07, 6.45) is 2.99. The van der Waals surface area contributed by atoms with Crippen LogP contribution in [0.1, 0.15) is 12.8 Å². The lowest BCUT2D eigenvalue weighted by Gasteiger charge is -2.16. The predicted octanol–water partition coefficient (Wildman–Crippen LogP) is 3.11. The van der Waals surface area contributed by atoms with Crippen LogP contribution in [-0.4, -0.2) is 26.8 Å². The molecule has 8 nitrogen and oxygen atoms in total. The number of rotatable bonds is 4. The number of fused-ring (bicyclic) bond motifs is 1. The maximum absolute atomic E-state index is 11.9. The second-order valence-corrected chi connectivity index (χ2v) is 5.79. The number of hydrogen-bond donors (Lipinski definition) is 1. The van der Waals surface area contributed by atoms with E-state index in [4.69, 9.17) is 0 Å². The number of pyridine rings is 1. The number of benzene rings is 1. The number of nitrogens with zero attached hydrogens (tertiary/aromatic N) is 4. The zero-order valence-electron chi connectivity index (χ0n) is 13.3. The number of amides is 1. The minimum absolute atomic E-state index is 0.0934. The zero-order valence-corrected chi connectivity index (χ0v) is 13.3. The predicted molar refractivity (Wildman–Crippen MR) is 93.2 cm³/mol. The van der Waals surface area contributed by atoms with Gasteiger partial charge in [-0.05, 0) is 35.6 Å². The number of carbonyl (C=O) groups excluding carboxylic acids is 1. The van der Waals surface area contributed by atoms with Crippen LogP contribution in [0.3, 0.4) is 0 Å². The van der Waals surface area contributed by atoms with Gasteiger partial charge in [-0.2, -0.15) is 9.38 Å². The highest BCUT2D eigenvalue weighted by Crippen LogP contribution is 2.30. The fraction of sp³-hybridized carbons (Fsp3) is 0.176. The Labute approximate surface area is 142 Å². The van der Waals surface area contributed by atoms with Gasteiger partial charge in [-0.25, -0.2) is 0 Å². The molecule has 0 unspecified atom stereocenters. The van der Waals surface area contributed by atoms with Crippen LogP contribution in [0.4, 0.5) is 23.0 Å². The van der Waals surface area contributed by atoms with Crippen molar-refractivity contribution < 1.29 is 9.72 Å². The standard InChI is InChI=1S/C17H15N5O3/c23-15-8-4-10-20(15)13-6-3-5-12(11-13)18-16-17(22(24)25)21-9-2-1-7-14(21)19-16/h1-3,5-7,9,11,18H,4,8,10H2. The van der Waals surface area contributed by atoms with E-state index in [-0.39, 0.29) is 17.5 Å². The second-order valence-electron chi connectivity index (χ2n) is 5.79. The molecule has 4 rings (SSSR count). The Hall–Kier alpha value is -3.42. The molecule has 1 aliphatic heterocycles. The van der Waals surface area contributed by atoms with Crippen molar-refractivity contribution >= 4 is 34.6 Å². The van der Waals surface area contributed by atoms with Gasteiger partial charge in [-0.15, -0.1) is 0 Å². The summed E-state index contributed by atoms with van der Waals surface area (Å²) in [6.45, 7) is 0.691. The van der Waals surface area contributed by atoms with Gasteiger partial charge >= 0.3 is 5.82 Å². The maximum Gasteiger partial charge on any atom is 0.372 e. The molecule has 1 saturated heterocycles. The van der Waals surface area contributed by atoms with Crippen molar-refractivity contribution in [3.63, 3.8) is 0 Å². The molecule has 1 aliphatic rings. The van der Waals surface area contributed by atoms with Gasteiger partial charge in [-0.1, -0.05) is 12.1 Å². The number of nitrogens with one attached hydrogen (secondary N) is 1. The molecule has 0 bridgehead atoms. The molecule has 1 amide bonds. The number of anilines is 3. The van der Waals surface area contributed by atoms with E-state index in [1.54, 1.807) is 41.4 Å². The largest absolute Gasteiger partial charge is 0.372 e. The summed E-state index contributed by atoms with van der Waals surface area (Å²) in [5.41, 5.74) is 1.91. The van der Waals surface area contributed by atoms with E-state index < -0.39 is 4.92 Å². The molecule has 126 valence electrons. The van der Waals surface area contributed by atoms with Crippen molar-refractivity contribution in [2.24, 2.45) is 0 Å². The molecule has 0 atom stereocenters. The third-order valence-electron chi connectivity index (χ3n) is 4.17. The van der Waals surface area contributed by atoms with Gasteiger partial charge in [0.1, 0.15) is 0 Å². The van der Waals surface area contributed by atoms with Crippen LogP contribution in [0.25, 0.3) is 5.65 Å². The molecule has 1 aromatic carbocycles. The molecule has 0 radical (unpaired) electrons. The van der Waals surface area contributed by atoms with Crippen LogP contribution < -0.4 is 10.2 Å². The van der Waals surface area contributed by atoms with E-state index in [2.05, 4.69) is 10.3 Å². The summed E-state index contributed by atoms with van der Waals surface area (Å²) >= 11 is 0. The first-order chi connectivity index (χ1) is 12.1.